The number of imidazole rings is 1. The molecule has 3 atom stereocenters. The molecule has 0 bridgehead atoms. The van der Waals surface area contributed by atoms with E-state index in [9.17, 15) is 9.59 Å². The van der Waals surface area contributed by atoms with Crippen molar-refractivity contribution in [1.82, 2.24) is 24.9 Å². The number of nitrogens with one attached hydrogen (secondary N) is 1. The second-order valence-corrected chi connectivity index (χ2v) is 8.19. The summed E-state index contributed by atoms with van der Waals surface area (Å²) in [4.78, 5) is 36.8. The molecule has 5 rings (SSSR count). The van der Waals surface area contributed by atoms with Crippen molar-refractivity contribution in [2.75, 3.05) is 19.6 Å². The third kappa shape index (κ3) is 2.99. The number of nitrogens with zero attached hydrogens (tertiary/aromatic N) is 4. The number of carbonyl (C=O) groups excluding carboxylic acids is 2. The number of fused-ring (bicyclic) bond motifs is 1. The molecule has 8 nitrogen and oxygen atoms in total. The molecule has 2 aromatic heterocycles. The highest BCUT2D eigenvalue weighted by molar-refractivity contribution is 5.93. The Morgan fingerprint density at radius 2 is 1.97 bits per heavy atom. The van der Waals surface area contributed by atoms with Crippen LogP contribution < -0.4 is 0 Å². The lowest BCUT2D eigenvalue weighted by atomic mass is 9.87. The minimum absolute atomic E-state index is 0.0471. The molecule has 2 saturated heterocycles. The Bertz CT molecular complexity index is 1090. The van der Waals surface area contributed by atoms with Crippen LogP contribution in [0.1, 0.15) is 43.9 Å². The number of benzene rings is 1. The molecule has 0 radical (unpaired) electrons. The molecule has 0 aliphatic carbocycles. The quantitative estimate of drug-likeness (QED) is 0.723. The van der Waals surface area contributed by atoms with Crippen LogP contribution in [0.5, 0.6) is 0 Å². The van der Waals surface area contributed by atoms with E-state index in [4.69, 9.17) is 4.52 Å². The number of carbonyl (C=O) groups is 2. The van der Waals surface area contributed by atoms with Crippen molar-refractivity contribution in [3.63, 3.8) is 0 Å². The zero-order valence-electron chi connectivity index (χ0n) is 16.9. The molecule has 1 aromatic carbocycles. The third-order valence-corrected chi connectivity index (χ3v) is 6.29. The van der Waals surface area contributed by atoms with E-state index in [1.807, 2.05) is 21.9 Å². The molecule has 4 heterocycles. The highest BCUT2D eigenvalue weighted by Gasteiger charge is 2.51. The summed E-state index contributed by atoms with van der Waals surface area (Å²) in [5, 5.41) is 3.88. The summed E-state index contributed by atoms with van der Waals surface area (Å²) in [5.74, 6) is 0.427. The zero-order valence-corrected chi connectivity index (χ0v) is 16.9. The molecule has 154 valence electrons. The van der Waals surface area contributed by atoms with Gasteiger partial charge >= 0.3 is 0 Å². The zero-order chi connectivity index (χ0) is 20.8. The van der Waals surface area contributed by atoms with Gasteiger partial charge in [0.1, 0.15) is 5.69 Å². The van der Waals surface area contributed by atoms with Gasteiger partial charge in [-0.2, -0.15) is 0 Å². The summed E-state index contributed by atoms with van der Waals surface area (Å²) >= 11 is 0. The number of hydrogen-bond donors (Lipinski definition) is 1. The van der Waals surface area contributed by atoms with Gasteiger partial charge in [0.2, 0.25) is 5.76 Å². The van der Waals surface area contributed by atoms with Gasteiger partial charge in [-0.15, -0.1) is 0 Å². The number of aromatic nitrogens is 3. The monoisotopic (exact) mass is 405 g/mol. The number of aromatic amines is 1. The Morgan fingerprint density at radius 1 is 1.13 bits per heavy atom. The van der Waals surface area contributed by atoms with Crippen LogP contribution in [0.2, 0.25) is 0 Å². The van der Waals surface area contributed by atoms with Crippen molar-refractivity contribution in [3.05, 3.63) is 71.1 Å². The normalized spacial score (nSPS) is 23.1. The van der Waals surface area contributed by atoms with Crippen molar-refractivity contribution in [1.29, 1.82) is 0 Å². The fourth-order valence-electron chi connectivity index (χ4n) is 4.89. The Hall–Kier alpha value is -3.42. The van der Waals surface area contributed by atoms with Crippen LogP contribution in [0.25, 0.3) is 0 Å². The largest absolute Gasteiger partial charge is 0.351 e. The summed E-state index contributed by atoms with van der Waals surface area (Å²) in [6, 6.07) is 9.70. The second kappa shape index (κ2) is 7.12. The SMILES string of the molecule is Cc1cc(C(=O)N2C[C@@H]3CN(C(=O)c4cnc[nH]4)C[C@@H]3[C@H]2c2ccccc2C)on1. The predicted molar refractivity (Wildman–Crippen MR) is 108 cm³/mol. The van der Waals surface area contributed by atoms with Gasteiger partial charge in [-0.25, -0.2) is 4.98 Å². The van der Waals surface area contributed by atoms with Crippen LogP contribution in [0.3, 0.4) is 0 Å². The van der Waals surface area contributed by atoms with Crippen LogP contribution in [-0.4, -0.2) is 56.4 Å². The molecular weight excluding hydrogens is 382 g/mol. The Labute approximate surface area is 173 Å². The Kier molecular flexibility index (Phi) is 4.42. The van der Waals surface area contributed by atoms with Crippen LogP contribution in [0.15, 0.2) is 47.4 Å². The highest BCUT2D eigenvalue weighted by Crippen LogP contribution is 2.46. The standard InChI is InChI=1S/C22H23N5O3/c1-13-5-3-4-6-16(13)20-17-11-26(21(28)18-8-23-12-24-18)9-15(17)10-27(20)22(29)19-7-14(2)25-30-19/h3-8,12,15,17,20H,9-11H2,1-2H3,(H,23,24)/t15-,17-,20+/m0/s1. The van der Waals surface area contributed by atoms with E-state index in [-0.39, 0.29) is 35.5 Å². The summed E-state index contributed by atoms with van der Waals surface area (Å²) < 4.78 is 5.27. The predicted octanol–water partition coefficient (Wildman–Crippen LogP) is 2.60. The summed E-state index contributed by atoms with van der Waals surface area (Å²) in [6.07, 6.45) is 3.07. The minimum atomic E-state index is -0.148. The fraction of sp³-hybridized carbons (Fsp3) is 0.364. The molecule has 8 heteroatoms. The molecule has 1 N–H and O–H groups in total. The van der Waals surface area contributed by atoms with Crippen LogP contribution >= 0.6 is 0 Å². The van der Waals surface area contributed by atoms with E-state index >= 15 is 0 Å². The van der Waals surface area contributed by atoms with Gasteiger partial charge < -0.3 is 19.3 Å². The van der Waals surface area contributed by atoms with Gasteiger partial charge in [-0.3, -0.25) is 9.59 Å². The number of H-pyrrole nitrogens is 1. The number of likely N-dealkylation sites (tertiary alicyclic amines) is 2. The summed E-state index contributed by atoms with van der Waals surface area (Å²) in [5.41, 5.74) is 3.42. The molecule has 3 aromatic rings. The highest BCUT2D eigenvalue weighted by atomic mass is 16.5. The third-order valence-electron chi connectivity index (χ3n) is 6.29. The first kappa shape index (κ1) is 18.6. The first-order valence-electron chi connectivity index (χ1n) is 10.1. The van der Waals surface area contributed by atoms with E-state index in [2.05, 4.69) is 34.2 Å². The van der Waals surface area contributed by atoms with Gasteiger partial charge in [-0.1, -0.05) is 29.4 Å². The van der Waals surface area contributed by atoms with E-state index < -0.39 is 0 Å². The second-order valence-electron chi connectivity index (χ2n) is 8.19. The first-order chi connectivity index (χ1) is 14.5. The van der Waals surface area contributed by atoms with Crippen LogP contribution in [0.4, 0.5) is 0 Å². The van der Waals surface area contributed by atoms with Crippen molar-refractivity contribution in [3.8, 4) is 0 Å². The van der Waals surface area contributed by atoms with E-state index in [1.54, 1.807) is 19.2 Å². The number of hydrogen-bond acceptors (Lipinski definition) is 5. The van der Waals surface area contributed by atoms with Gasteiger partial charge in [0.15, 0.2) is 0 Å². The first-order valence-corrected chi connectivity index (χ1v) is 10.1. The van der Waals surface area contributed by atoms with E-state index in [1.165, 1.54) is 6.33 Å². The summed E-state index contributed by atoms with van der Waals surface area (Å²) in [7, 11) is 0. The molecular formula is C22H23N5O3. The van der Waals surface area contributed by atoms with E-state index in [0.717, 1.165) is 11.1 Å². The maximum Gasteiger partial charge on any atom is 0.293 e. The maximum absolute atomic E-state index is 13.3. The molecule has 2 amide bonds. The van der Waals surface area contributed by atoms with E-state index in [0.29, 0.717) is 31.0 Å². The molecule has 0 spiro atoms. The average molecular weight is 405 g/mol. The smallest absolute Gasteiger partial charge is 0.293 e. The lowest BCUT2D eigenvalue weighted by Crippen LogP contribution is -2.37. The summed E-state index contributed by atoms with van der Waals surface area (Å²) in [6.45, 7) is 5.66. The fourth-order valence-corrected chi connectivity index (χ4v) is 4.89. The molecule has 30 heavy (non-hydrogen) atoms. The van der Waals surface area contributed by atoms with Gasteiger partial charge in [-0.05, 0) is 25.0 Å². The Balaban J connectivity index is 1.47. The lowest BCUT2D eigenvalue weighted by Gasteiger charge is -2.30. The van der Waals surface area contributed by atoms with Gasteiger partial charge in [0.05, 0.1) is 24.3 Å². The van der Waals surface area contributed by atoms with Crippen molar-refractivity contribution in [2.45, 2.75) is 19.9 Å². The number of aryl methyl sites for hydroxylation is 2. The molecule has 2 aliphatic rings. The minimum Gasteiger partial charge on any atom is -0.351 e. The average Bonchev–Trinajstić information content (AvgIpc) is 3.51. The lowest BCUT2D eigenvalue weighted by molar-refractivity contribution is 0.0641. The molecule has 0 saturated carbocycles. The number of rotatable bonds is 3. The van der Waals surface area contributed by atoms with Crippen LogP contribution in [-0.2, 0) is 0 Å². The van der Waals surface area contributed by atoms with Crippen molar-refractivity contribution < 1.29 is 14.1 Å². The van der Waals surface area contributed by atoms with Gasteiger partial charge in [0, 0.05) is 37.5 Å². The van der Waals surface area contributed by atoms with Crippen molar-refractivity contribution in [2.24, 2.45) is 11.8 Å². The molecule has 2 aliphatic heterocycles. The van der Waals surface area contributed by atoms with Crippen LogP contribution in [0, 0.1) is 25.7 Å². The van der Waals surface area contributed by atoms with Crippen molar-refractivity contribution >= 4 is 11.8 Å². The Morgan fingerprint density at radius 3 is 2.67 bits per heavy atom. The topological polar surface area (TPSA) is 95.3 Å². The molecule has 0 unspecified atom stereocenters. The maximum atomic E-state index is 13.3. The van der Waals surface area contributed by atoms with Gasteiger partial charge in [0.25, 0.3) is 11.8 Å². The number of amides is 2. The molecule has 2 fully saturated rings.